The maximum absolute atomic E-state index is 14.2. The maximum atomic E-state index is 14.2. The molecule has 0 amide bonds. The van der Waals surface area contributed by atoms with Crippen molar-refractivity contribution in [3.63, 3.8) is 0 Å². The lowest BCUT2D eigenvalue weighted by Gasteiger charge is -2.25. The molecule has 0 saturated carbocycles. The zero-order valence-electron chi connectivity index (χ0n) is 15.8. The molecule has 28 heavy (non-hydrogen) atoms. The number of carbonyl (C=O) groups is 2. The molecule has 1 N–H and O–H groups in total. The number of benzene rings is 2. The summed E-state index contributed by atoms with van der Waals surface area (Å²) in [4.78, 5) is 23.4. The highest BCUT2D eigenvalue weighted by Gasteiger charge is 2.51. The van der Waals surface area contributed by atoms with Crippen LogP contribution in [0.2, 0.25) is 0 Å². The molecular formula is C21H22F2O5. The van der Waals surface area contributed by atoms with Gasteiger partial charge in [-0.25, -0.2) is 9.59 Å². The Labute approximate surface area is 161 Å². The number of hydrogen-bond donors (Lipinski definition) is 1. The molecule has 7 heteroatoms. The van der Waals surface area contributed by atoms with Crippen LogP contribution in [-0.4, -0.2) is 28.6 Å². The van der Waals surface area contributed by atoms with Crippen LogP contribution in [0.4, 0.5) is 8.78 Å². The van der Waals surface area contributed by atoms with Crippen LogP contribution in [0.15, 0.2) is 54.6 Å². The Morgan fingerprint density at radius 2 is 1.61 bits per heavy atom. The van der Waals surface area contributed by atoms with Crippen LogP contribution in [0.1, 0.15) is 49.2 Å². The molecule has 0 aromatic heterocycles. The number of carboxylic acid groups (broad SMARTS) is 1. The highest BCUT2D eigenvalue weighted by atomic mass is 19.3. The lowest BCUT2D eigenvalue weighted by molar-refractivity contribution is -0.183. The maximum Gasteiger partial charge on any atom is 0.382 e. The first-order valence-electron chi connectivity index (χ1n) is 8.73. The number of hydrogen-bond acceptors (Lipinski definition) is 4. The molecule has 2 aromatic carbocycles. The number of halogens is 2. The first-order valence-corrected chi connectivity index (χ1v) is 8.73. The van der Waals surface area contributed by atoms with Crippen LogP contribution in [0.5, 0.6) is 5.75 Å². The van der Waals surface area contributed by atoms with Crippen molar-refractivity contribution in [1.82, 2.24) is 0 Å². The number of ether oxygens (including phenoxy) is 2. The average Bonchev–Trinajstić information content (AvgIpc) is 2.66. The molecule has 0 fully saturated rings. The van der Waals surface area contributed by atoms with Gasteiger partial charge in [0.15, 0.2) is 0 Å². The third-order valence-electron chi connectivity index (χ3n) is 4.28. The highest BCUT2D eigenvalue weighted by molar-refractivity contribution is 5.90. The van der Waals surface area contributed by atoms with Gasteiger partial charge in [-0.2, -0.15) is 8.78 Å². The minimum atomic E-state index is -4.29. The number of alkyl halides is 2. The van der Waals surface area contributed by atoms with E-state index < -0.39 is 29.6 Å². The van der Waals surface area contributed by atoms with Gasteiger partial charge in [-0.3, -0.25) is 0 Å². The summed E-state index contributed by atoms with van der Waals surface area (Å²) in [5.41, 5.74) is -0.513. The van der Waals surface area contributed by atoms with E-state index in [0.29, 0.717) is 5.75 Å². The fourth-order valence-corrected chi connectivity index (χ4v) is 2.32. The zero-order chi connectivity index (χ0) is 20.9. The van der Waals surface area contributed by atoms with Crippen LogP contribution in [0.25, 0.3) is 0 Å². The smallest absolute Gasteiger partial charge is 0.382 e. The standard InChI is InChI=1S/C21H22F2O5/c1-4-20(2,3)28-16-12-10-15(11-13-16)18(24)27-17(21(22,23)19(25)26)14-8-6-5-7-9-14/h5-13,17H,4H2,1-3H3,(H,25,26). The van der Waals surface area contributed by atoms with Crippen molar-refractivity contribution < 1.29 is 33.0 Å². The summed E-state index contributed by atoms with van der Waals surface area (Å²) in [5.74, 6) is -7.21. The van der Waals surface area contributed by atoms with Crippen molar-refractivity contribution in [3.05, 3.63) is 65.7 Å². The molecule has 5 nitrogen and oxygen atoms in total. The van der Waals surface area contributed by atoms with Crippen LogP contribution >= 0.6 is 0 Å². The summed E-state index contributed by atoms with van der Waals surface area (Å²) >= 11 is 0. The molecule has 2 aromatic rings. The molecule has 0 saturated heterocycles. The summed E-state index contributed by atoms with van der Waals surface area (Å²) in [6.45, 7) is 5.79. The van der Waals surface area contributed by atoms with Crippen molar-refractivity contribution in [3.8, 4) is 5.75 Å². The number of carbonyl (C=O) groups excluding carboxylic acids is 1. The topological polar surface area (TPSA) is 72.8 Å². The number of aliphatic carboxylic acids is 1. The Hall–Kier alpha value is -2.96. The van der Waals surface area contributed by atoms with Gasteiger partial charge in [0.25, 0.3) is 0 Å². The average molecular weight is 392 g/mol. The van der Waals surface area contributed by atoms with Gasteiger partial charge in [0.1, 0.15) is 11.4 Å². The quantitative estimate of drug-likeness (QED) is 0.649. The second kappa shape index (κ2) is 8.37. The molecule has 150 valence electrons. The Kier molecular flexibility index (Phi) is 6.38. The number of esters is 1. The molecule has 0 aliphatic heterocycles. The number of carboxylic acids is 1. The van der Waals surface area contributed by atoms with E-state index in [2.05, 4.69) is 0 Å². The van der Waals surface area contributed by atoms with Crippen molar-refractivity contribution in [2.24, 2.45) is 0 Å². The molecule has 1 unspecified atom stereocenters. The van der Waals surface area contributed by atoms with E-state index in [1.807, 2.05) is 20.8 Å². The van der Waals surface area contributed by atoms with Gasteiger partial charge in [-0.1, -0.05) is 37.3 Å². The van der Waals surface area contributed by atoms with Crippen molar-refractivity contribution >= 4 is 11.9 Å². The molecular weight excluding hydrogens is 370 g/mol. The Morgan fingerprint density at radius 3 is 2.11 bits per heavy atom. The SMILES string of the molecule is CCC(C)(C)Oc1ccc(C(=O)OC(c2ccccc2)C(F)(F)C(=O)O)cc1. The zero-order valence-corrected chi connectivity index (χ0v) is 15.8. The van der Waals surface area contributed by atoms with Gasteiger partial charge in [-0.15, -0.1) is 0 Å². The molecule has 0 spiro atoms. The lowest BCUT2D eigenvalue weighted by Crippen LogP contribution is -2.38. The largest absolute Gasteiger partial charge is 0.488 e. The molecule has 0 aliphatic rings. The number of rotatable bonds is 8. The van der Waals surface area contributed by atoms with Gasteiger partial charge in [0, 0.05) is 0 Å². The highest BCUT2D eigenvalue weighted by Crippen LogP contribution is 2.35. The predicted octanol–water partition coefficient (Wildman–Crippen LogP) is 4.87. The van der Waals surface area contributed by atoms with Crippen LogP contribution in [0.3, 0.4) is 0 Å². The third-order valence-corrected chi connectivity index (χ3v) is 4.28. The molecule has 0 heterocycles. The molecule has 1 atom stereocenters. The van der Waals surface area contributed by atoms with Crippen molar-refractivity contribution in [2.45, 2.75) is 44.8 Å². The summed E-state index contributed by atoms with van der Waals surface area (Å²) in [6, 6.07) is 12.9. The van der Waals surface area contributed by atoms with E-state index in [0.717, 1.165) is 6.42 Å². The third kappa shape index (κ3) is 5.06. The monoisotopic (exact) mass is 392 g/mol. The fraction of sp³-hybridized carbons (Fsp3) is 0.333. The molecule has 2 rings (SSSR count). The van der Waals surface area contributed by atoms with Gasteiger partial charge < -0.3 is 14.6 Å². The predicted molar refractivity (Wildman–Crippen MR) is 98.6 cm³/mol. The van der Waals surface area contributed by atoms with Gasteiger partial charge in [0.2, 0.25) is 6.10 Å². The van der Waals surface area contributed by atoms with Crippen LogP contribution in [0, 0.1) is 0 Å². The molecule has 0 radical (unpaired) electrons. The lowest BCUT2D eigenvalue weighted by atomic mass is 10.0. The fourth-order valence-electron chi connectivity index (χ4n) is 2.32. The minimum Gasteiger partial charge on any atom is -0.488 e. The van der Waals surface area contributed by atoms with E-state index >= 15 is 0 Å². The van der Waals surface area contributed by atoms with E-state index in [4.69, 9.17) is 14.6 Å². The van der Waals surface area contributed by atoms with Crippen LogP contribution in [-0.2, 0) is 9.53 Å². The van der Waals surface area contributed by atoms with E-state index in [1.165, 1.54) is 48.5 Å². The second-order valence-corrected chi connectivity index (χ2v) is 6.86. The van der Waals surface area contributed by atoms with E-state index in [1.54, 1.807) is 6.07 Å². The summed E-state index contributed by atoms with van der Waals surface area (Å²) in [7, 11) is 0. The minimum absolute atomic E-state index is 0.00349. The van der Waals surface area contributed by atoms with Gasteiger partial charge in [-0.05, 0) is 50.1 Å². The van der Waals surface area contributed by atoms with Gasteiger partial charge in [0.05, 0.1) is 5.56 Å². The Balaban J connectivity index is 2.23. The van der Waals surface area contributed by atoms with Gasteiger partial charge >= 0.3 is 17.9 Å². The van der Waals surface area contributed by atoms with Crippen molar-refractivity contribution in [2.75, 3.05) is 0 Å². The van der Waals surface area contributed by atoms with Crippen molar-refractivity contribution in [1.29, 1.82) is 0 Å². The first kappa shape index (κ1) is 21.3. The summed E-state index contributed by atoms with van der Waals surface area (Å²) in [5, 5.41) is 8.87. The normalized spacial score (nSPS) is 12.9. The second-order valence-electron chi connectivity index (χ2n) is 6.86. The first-order chi connectivity index (χ1) is 13.1. The summed E-state index contributed by atoms with van der Waals surface area (Å²) in [6.07, 6.45) is -1.49. The van der Waals surface area contributed by atoms with E-state index in [-0.39, 0.29) is 11.1 Å². The Morgan fingerprint density at radius 1 is 1.04 bits per heavy atom. The summed E-state index contributed by atoms with van der Waals surface area (Å²) < 4.78 is 39.0. The Bertz CT molecular complexity index is 816. The van der Waals surface area contributed by atoms with Crippen LogP contribution < -0.4 is 4.74 Å². The molecule has 0 aliphatic carbocycles. The van der Waals surface area contributed by atoms with E-state index in [9.17, 15) is 18.4 Å². The molecule has 0 bridgehead atoms.